The van der Waals surface area contributed by atoms with E-state index in [1.807, 2.05) is 0 Å². The van der Waals surface area contributed by atoms with Crippen molar-refractivity contribution in [2.45, 2.75) is 12.3 Å². The quantitative estimate of drug-likeness (QED) is 0.525. The molecule has 2 amide bonds. The van der Waals surface area contributed by atoms with Crippen LogP contribution in [0.3, 0.4) is 0 Å². The third kappa shape index (κ3) is 4.48. The van der Waals surface area contributed by atoms with E-state index in [4.69, 9.17) is 4.74 Å². The van der Waals surface area contributed by atoms with Gasteiger partial charge in [-0.1, -0.05) is 0 Å². The Hall–Kier alpha value is -3.93. The smallest absolute Gasteiger partial charge is 0.278 e. The molecular weight excluding hydrogens is 402 g/mol. The molecule has 1 aliphatic rings. The molecule has 0 spiro atoms. The lowest BCUT2D eigenvalue weighted by atomic mass is 10.1. The highest BCUT2D eigenvalue weighted by Gasteiger charge is 2.25. The van der Waals surface area contributed by atoms with Crippen LogP contribution in [0.2, 0.25) is 0 Å². The molecule has 3 aromatic heterocycles. The fourth-order valence-corrected chi connectivity index (χ4v) is 3.16. The molecule has 1 atom stereocenters. The summed E-state index contributed by atoms with van der Waals surface area (Å²) in [6.07, 6.45) is 8.49. The van der Waals surface area contributed by atoms with Crippen molar-refractivity contribution in [3.8, 4) is 0 Å². The van der Waals surface area contributed by atoms with Crippen LogP contribution in [-0.2, 0) is 11.8 Å². The topological polar surface area (TPSA) is 149 Å². The normalized spacial score (nSPS) is 15.5. The third-order valence-corrected chi connectivity index (χ3v) is 4.70. The van der Waals surface area contributed by atoms with Crippen LogP contribution in [0.1, 0.15) is 39.0 Å². The van der Waals surface area contributed by atoms with E-state index in [9.17, 15) is 9.59 Å². The summed E-state index contributed by atoms with van der Waals surface area (Å²) in [6, 6.07) is 0. The molecule has 0 radical (unpaired) electrons. The maximum absolute atomic E-state index is 13.2. The van der Waals surface area contributed by atoms with Gasteiger partial charge in [-0.2, -0.15) is 5.10 Å². The van der Waals surface area contributed by atoms with Crippen molar-refractivity contribution >= 4 is 29.0 Å². The predicted molar refractivity (Wildman–Crippen MR) is 110 cm³/mol. The number of aromatic nitrogens is 6. The zero-order chi connectivity index (χ0) is 21.8. The monoisotopic (exact) mass is 423 g/mol. The fourth-order valence-electron chi connectivity index (χ4n) is 3.16. The van der Waals surface area contributed by atoms with Gasteiger partial charge < -0.3 is 20.7 Å². The van der Waals surface area contributed by atoms with Gasteiger partial charge in [-0.3, -0.25) is 14.3 Å². The maximum Gasteiger partial charge on any atom is 0.278 e. The Balaban J connectivity index is 1.68. The molecule has 0 bridgehead atoms. The number of ether oxygens (including phenoxy) is 1. The molecule has 160 valence electrons. The van der Waals surface area contributed by atoms with Crippen molar-refractivity contribution in [2.75, 3.05) is 30.9 Å². The molecule has 1 fully saturated rings. The van der Waals surface area contributed by atoms with Crippen molar-refractivity contribution in [1.82, 2.24) is 35.0 Å². The van der Waals surface area contributed by atoms with Crippen molar-refractivity contribution in [3.63, 3.8) is 0 Å². The van der Waals surface area contributed by atoms with Gasteiger partial charge in [0.1, 0.15) is 6.33 Å². The molecule has 0 saturated carbocycles. The van der Waals surface area contributed by atoms with Crippen LogP contribution in [0.15, 0.2) is 31.1 Å². The van der Waals surface area contributed by atoms with Crippen molar-refractivity contribution in [3.05, 3.63) is 48.2 Å². The summed E-state index contributed by atoms with van der Waals surface area (Å²) in [5.41, 5.74) is 1.64. The Bertz CT molecular complexity index is 1090. The zero-order valence-electron chi connectivity index (χ0n) is 17.0. The maximum atomic E-state index is 13.2. The van der Waals surface area contributed by atoms with E-state index < -0.39 is 11.8 Å². The number of hydrogen-bond donors (Lipinski definition) is 3. The van der Waals surface area contributed by atoms with Gasteiger partial charge in [0.2, 0.25) is 0 Å². The second kappa shape index (κ2) is 8.83. The Kier molecular flexibility index (Phi) is 5.80. The van der Waals surface area contributed by atoms with Crippen molar-refractivity contribution in [2.24, 2.45) is 7.05 Å². The summed E-state index contributed by atoms with van der Waals surface area (Å²) in [4.78, 5) is 42.2. The number of anilines is 3. The largest absolute Gasteiger partial charge is 0.381 e. The van der Waals surface area contributed by atoms with Crippen LogP contribution in [0, 0.1) is 0 Å². The molecule has 31 heavy (non-hydrogen) atoms. The number of carbonyl (C=O) groups excluding carboxylic acids is 2. The average molecular weight is 423 g/mol. The van der Waals surface area contributed by atoms with E-state index in [2.05, 4.69) is 41.0 Å². The van der Waals surface area contributed by atoms with Crippen LogP contribution in [0.5, 0.6) is 0 Å². The first-order chi connectivity index (χ1) is 15.0. The first-order valence-electron chi connectivity index (χ1n) is 9.59. The SMILES string of the molecule is CNC(=O)c1nn(C)cc1NC(=O)c1nc(C2CCOC2)cnc1Nc1cncnc1. The Morgan fingerprint density at radius 3 is 2.68 bits per heavy atom. The minimum Gasteiger partial charge on any atom is -0.381 e. The third-order valence-electron chi connectivity index (χ3n) is 4.70. The van der Waals surface area contributed by atoms with Gasteiger partial charge in [0, 0.05) is 32.8 Å². The average Bonchev–Trinajstić information content (AvgIpc) is 3.44. The molecule has 4 rings (SSSR count). The molecule has 3 N–H and O–H groups in total. The second-order valence-corrected chi connectivity index (χ2v) is 6.90. The number of carbonyl (C=O) groups is 2. The summed E-state index contributed by atoms with van der Waals surface area (Å²) in [5.74, 6) is -0.655. The molecule has 1 unspecified atom stereocenters. The minimum absolute atomic E-state index is 0.0629. The molecule has 1 saturated heterocycles. The number of amides is 2. The molecule has 4 heterocycles. The predicted octanol–water partition coefficient (Wildman–Crippen LogP) is 0.859. The van der Waals surface area contributed by atoms with E-state index in [1.165, 1.54) is 18.1 Å². The molecule has 1 aliphatic heterocycles. The van der Waals surface area contributed by atoms with Gasteiger partial charge in [0.15, 0.2) is 17.2 Å². The number of nitrogens with one attached hydrogen (secondary N) is 3. The highest BCUT2D eigenvalue weighted by molar-refractivity contribution is 6.09. The van der Waals surface area contributed by atoms with Crippen LogP contribution < -0.4 is 16.0 Å². The Labute approximate surface area is 177 Å². The van der Waals surface area contributed by atoms with Crippen LogP contribution in [0.25, 0.3) is 0 Å². The van der Waals surface area contributed by atoms with Gasteiger partial charge in [0.25, 0.3) is 11.8 Å². The van der Waals surface area contributed by atoms with Crippen LogP contribution >= 0.6 is 0 Å². The lowest BCUT2D eigenvalue weighted by molar-refractivity contribution is 0.0958. The molecular formula is C19H21N9O3. The first-order valence-corrected chi connectivity index (χ1v) is 9.59. The standard InChI is InChI=1S/C19H21N9O3/c1-20-18(29)15-14(8-28(2)27-15)26-19(30)16-17(24-12-5-21-10-22-6-12)23-7-13(25-16)11-3-4-31-9-11/h5-8,10-11H,3-4,9H2,1-2H3,(H,20,29)(H,23,24)(H,26,30). The number of rotatable bonds is 6. The van der Waals surface area contributed by atoms with Crippen LogP contribution in [-0.4, -0.2) is 61.8 Å². The molecule has 12 nitrogen and oxygen atoms in total. The van der Waals surface area contributed by atoms with Crippen molar-refractivity contribution in [1.29, 1.82) is 0 Å². The Morgan fingerprint density at radius 2 is 1.97 bits per heavy atom. The van der Waals surface area contributed by atoms with Gasteiger partial charge in [-0.05, 0) is 6.42 Å². The first kappa shape index (κ1) is 20.3. The summed E-state index contributed by atoms with van der Waals surface area (Å²) < 4.78 is 6.88. The zero-order valence-corrected chi connectivity index (χ0v) is 17.0. The van der Waals surface area contributed by atoms with E-state index in [0.717, 1.165) is 6.42 Å². The lowest BCUT2D eigenvalue weighted by Crippen LogP contribution is -2.23. The highest BCUT2D eigenvalue weighted by Crippen LogP contribution is 2.26. The van der Waals surface area contributed by atoms with Gasteiger partial charge in [0.05, 0.1) is 42.3 Å². The number of hydrogen-bond acceptors (Lipinski definition) is 9. The number of nitrogens with zero attached hydrogens (tertiary/aromatic N) is 6. The van der Waals surface area contributed by atoms with Gasteiger partial charge in [-0.15, -0.1) is 0 Å². The molecule has 0 aliphatic carbocycles. The molecule has 3 aromatic rings. The van der Waals surface area contributed by atoms with E-state index in [0.29, 0.717) is 24.6 Å². The van der Waals surface area contributed by atoms with E-state index in [-0.39, 0.29) is 28.8 Å². The summed E-state index contributed by atoms with van der Waals surface area (Å²) >= 11 is 0. The van der Waals surface area contributed by atoms with Gasteiger partial charge >= 0.3 is 0 Å². The van der Waals surface area contributed by atoms with E-state index >= 15 is 0 Å². The molecule has 12 heteroatoms. The lowest BCUT2D eigenvalue weighted by Gasteiger charge is -2.13. The van der Waals surface area contributed by atoms with E-state index in [1.54, 1.807) is 31.8 Å². The fraction of sp³-hybridized carbons (Fsp3) is 0.316. The van der Waals surface area contributed by atoms with Crippen molar-refractivity contribution < 1.29 is 14.3 Å². The Morgan fingerprint density at radius 1 is 1.16 bits per heavy atom. The van der Waals surface area contributed by atoms with Crippen LogP contribution in [0.4, 0.5) is 17.2 Å². The highest BCUT2D eigenvalue weighted by atomic mass is 16.5. The molecule has 0 aromatic carbocycles. The second-order valence-electron chi connectivity index (χ2n) is 6.90. The summed E-state index contributed by atoms with van der Waals surface area (Å²) in [6.45, 7) is 1.17. The number of aryl methyl sites for hydroxylation is 1. The summed E-state index contributed by atoms with van der Waals surface area (Å²) in [5, 5.41) is 12.3. The minimum atomic E-state index is -0.536. The van der Waals surface area contributed by atoms with Gasteiger partial charge in [-0.25, -0.2) is 19.9 Å². The summed E-state index contributed by atoms with van der Waals surface area (Å²) in [7, 11) is 3.15.